The maximum Gasteiger partial charge on any atom is 0.137 e. The summed E-state index contributed by atoms with van der Waals surface area (Å²) >= 11 is 6.01. The van der Waals surface area contributed by atoms with Crippen molar-refractivity contribution in [2.24, 2.45) is 0 Å². The SMILES string of the molecule is CCc1nc(N)c(C)c(N(C)Cc2cccc(Cl)c2)n1. The van der Waals surface area contributed by atoms with Crippen LogP contribution in [0.25, 0.3) is 0 Å². The molecule has 0 saturated carbocycles. The van der Waals surface area contributed by atoms with E-state index in [0.717, 1.165) is 40.8 Å². The minimum atomic E-state index is 0.546. The molecule has 0 bridgehead atoms. The van der Waals surface area contributed by atoms with Crippen LogP contribution in [0.15, 0.2) is 24.3 Å². The maximum atomic E-state index is 6.01. The van der Waals surface area contributed by atoms with E-state index in [-0.39, 0.29) is 0 Å². The Hall–Kier alpha value is -1.81. The van der Waals surface area contributed by atoms with Gasteiger partial charge in [-0.25, -0.2) is 9.97 Å². The topological polar surface area (TPSA) is 55.0 Å². The van der Waals surface area contributed by atoms with Gasteiger partial charge in [0, 0.05) is 30.6 Å². The van der Waals surface area contributed by atoms with Gasteiger partial charge in [-0.15, -0.1) is 0 Å². The summed E-state index contributed by atoms with van der Waals surface area (Å²) in [5, 5.41) is 0.740. The molecule has 0 radical (unpaired) electrons. The highest BCUT2D eigenvalue weighted by Gasteiger charge is 2.12. The first-order chi connectivity index (χ1) is 9.51. The predicted molar refractivity (Wildman–Crippen MR) is 84.1 cm³/mol. The number of nitrogens with two attached hydrogens (primary N) is 1. The molecule has 2 rings (SSSR count). The van der Waals surface area contributed by atoms with Gasteiger partial charge in [-0.2, -0.15) is 0 Å². The zero-order chi connectivity index (χ0) is 14.7. The Bertz CT molecular complexity index is 613. The highest BCUT2D eigenvalue weighted by atomic mass is 35.5. The molecule has 106 valence electrons. The third-order valence-electron chi connectivity index (χ3n) is 3.19. The maximum absolute atomic E-state index is 6.01. The summed E-state index contributed by atoms with van der Waals surface area (Å²) in [4.78, 5) is 10.9. The molecule has 0 amide bonds. The van der Waals surface area contributed by atoms with Crippen molar-refractivity contribution in [1.82, 2.24) is 9.97 Å². The third kappa shape index (κ3) is 3.20. The van der Waals surface area contributed by atoms with Gasteiger partial charge in [-0.1, -0.05) is 30.7 Å². The molecule has 0 saturated heterocycles. The van der Waals surface area contributed by atoms with Gasteiger partial charge in [0.05, 0.1) is 0 Å². The second kappa shape index (κ2) is 6.09. The van der Waals surface area contributed by atoms with E-state index in [1.54, 1.807) is 0 Å². The quantitative estimate of drug-likeness (QED) is 0.939. The molecular formula is C15H19ClN4. The smallest absolute Gasteiger partial charge is 0.137 e. The molecule has 1 aromatic heterocycles. The summed E-state index contributed by atoms with van der Waals surface area (Å²) in [7, 11) is 2.00. The van der Waals surface area contributed by atoms with Crippen molar-refractivity contribution in [2.75, 3.05) is 17.7 Å². The first-order valence-corrected chi connectivity index (χ1v) is 6.97. The normalized spacial score (nSPS) is 10.6. The van der Waals surface area contributed by atoms with Crippen LogP contribution in [0.4, 0.5) is 11.6 Å². The highest BCUT2D eigenvalue weighted by Crippen LogP contribution is 2.23. The van der Waals surface area contributed by atoms with Crippen LogP contribution in [0.2, 0.25) is 5.02 Å². The Morgan fingerprint density at radius 3 is 2.70 bits per heavy atom. The van der Waals surface area contributed by atoms with E-state index in [0.29, 0.717) is 5.82 Å². The van der Waals surface area contributed by atoms with Crippen molar-refractivity contribution in [2.45, 2.75) is 26.8 Å². The van der Waals surface area contributed by atoms with E-state index in [4.69, 9.17) is 17.3 Å². The second-order valence-corrected chi connectivity index (χ2v) is 5.25. The largest absolute Gasteiger partial charge is 0.383 e. The number of aryl methyl sites for hydroxylation is 1. The van der Waals surface area contributed by atoms with Crippen molar-refractivity contribution in [1.29, 1.82) is 0 Å². The van der Waals surface area contributed by atoms with Crippen molar-refractivity contribution in [3.8, 4) is 0 Å². The van der Waals surface area contributed by atoms with Crippen LogP contribution in [-0.4, -0.2) is 17.0 Å². The minimum absolute atomic E-state index is 0.546. The van der Waals surface area contributed by atoms with E-state index < -0.39 is 0 Å². The molecule has 0 aliphatic heterocycles. The number of nitrogen functional groups attached to an aromatic ring is 1. The van der Waals surface area contributed by atoms with Crippen LogP contribution in [0.3, 0.4) is 0 Å². The van der Waals surface area contributed by atoms with E-state index >= 15 is 0 Å². The molecule has 2 aromatic rings. The van der Waals surface area contributed by atoms with Crippen LogP contribution in [0.1, 0.15) is 23.9 Å². The number of halogens is 1. The first kappa shape index (κ1) is 14.6. The molecule has 0 aliphatic carbocycles. The summed E-state index contributed by atoms with van der Waals surface area (Å²) in [6, 6.07) is 7.82. The van der Waals surface area contributed by atoms with Crippen molar-refractivity contribution >= 4 is 23.2 Å². The average molecular weight is 291 g/mol. The number of rotatable bonds is 4. The van der Waals surface area contributed by atoms with Crippen LogP contribution in [-0.2, 0) is 13.0 Å². The molecule has 0 atom stereocenters. The van der Waals surface area contributed by atoms with Gasteiger partial charge in [0.15, 0.2) is 0 Å². The van der Waals surface area contributed by atoms with Gasteiger partial charge in [-0.05, 0) is 24.6 Å². The lowest BCUT2D eigenvalue weighted by atomic mass is 10.2. The van der Waals surface area contributed by atoms with Crippen LogP contribution >= 0.6 is 11.6 Å². The fraction of sp³-hybridized carbons (Fsp3) is 0.333. The Kier molecular flexibility index (Phi) is 4.45. The molecule has 0 unspecified atom stereocenters. The average Bonchev–Trinajstić information content (AvgIpc) is 2.41. The van der Waals surface area contributed by atoms with Crippen LogP contribution < -0.4 is 10.6 Å². The standard InChI is InChI=1S/C15H19ClN4/c1-4-13-18-14(17)10(2)15(19-13)20(3)9-11-6-5-7-12(16)8-11/h5-8H,4,9H2,1-3H3,(H2,17,18,19). The summed E-state index contributed by atoms with van der Waals surface area (Å²) in [6.07, 6.45) is 0.766. The molecule has 1 heterocycles. The number of aromatic nitrogens is 2. The van der Waals surface area contributed by atoms with E-state index in [9.17, 15) is 0 Å². The van der Waals surface area contributed by atoms with E-state index in [2.05, 4.69) is 14.9 Å². The van der Waals surface area contributed by atoms with Gasteiger partial charge in [-0.3, -0.25) is 0 Å². The summed E-state index contributed by atoms with van der Waals surface area (Å²) in [6.45, 7) is 4.68. The van der Waals surface area contributed by atoms with E-state index in [1.165, 1.54) is 0 Å². The molecule has 2 N–H and O–H groups in total. The Morgan fingerprint density at radius 1 is 1.30 bits per heavy atom. The van der Waals surface area contributed by atoms with Crippen molar-refractivity contribution in [3.63, 3.8) is 0 Å². The molecular weight excluding hydrogens is 272 g/mol. The van der Waals surface area contributed by atoms with Crippen LogP contribution in [0.5, 0.6) is 0 Å². The number of anilines is 2. The van der Waals surface area contributed by atoms with Gasteiger partial charge >= 0.3 is 0 Å². The Balaban J connectivity index is 2.29. The van der Waals surface area contributed by atoms with Gasteiger partial charge < -0.3 is 10.6 Å². The second-order valence-electron chi connectivity index (χ2n) is 4.81. The molecule has 0 fully saturated rings. The number of nitrogens with zero attached hydrogens (tertiary/aromatic N) is 3. The van der Waals surface area contributed by atoms with E-state index in [1.807, 2.05) is 45.2 Å². The van der Waals surface area contributed by atoms with Crippen molar-refractivity contribution in [3.05, 3.63) is 46.2 Å². The highest BCUT2D eigenvalue weighted by molar-refractivity contribution is 6.30. The van der Waals surface area contributed by atoms with Gasteiger partial charge in [0.25, 0.3) is 0 Å². The first-order valence-electron chi connectivity index (χ1n) is 6.59. The number of benzene rings is 1. The third-order valence-corrected chi connectivity index (χ3v) is 3.43. The van der Waals surface area contributed by atoms with Gasteiger partial charge in [0.2, 0.25) is 0 Å². The fourth-order valence-electron chi connectivity index (χ4n) is 2.08. The molecule has 20 heavy (non-hydrogen) atoms. The molecule has 4 nitrogen and oxygen atoms in total. The molecule has 5 heteroatoms. The Morgan fingerprint density at radius 2 is 2.05 bits per heavy atom. The molecule has 0 spiro atoms. The molecule has 1 aromatic carbocycles. The monoisotopic (exact) mass is 290 g/mol. The summed E-state index contributed by atoms with van der Waals surface area (Å²) in [5.74, 6) is 2.18. The molecule has 0 aliphatic rings. The summed E-state index contributed by atoms with van der Waals surface area (Å²) in [5.41, 5.74) is 8.00. The lowest BCUT2D eigenvalue weighted by Crippen LogP contribution is -2.20. The Labute approximate surface area is 124 Å². The van der Waals surface area contributed by atoms with Crippen molar-refractivity contribution < 1.29 is 0 Å². The lowest BCUT2D eigenvalue weighted by molar-refractivity contribution is 0.852. The summed E-state index contributed by atoms with van der Waals surface area (Å²) < 4.78 is 0. The fourth-order valence-corrected chi connectivity index (χ4v) is 2.30. The van der Waals surface area contributed by atoms with Crippen LogP contribution in [0, 0.1) is 6.92 Å². The lowest BCUT2D eigenvalue weighted by Gasteiger charge is -2.21. The number of hydrogen-bond acceptors (Lipinski definition) is 4. The van der Waals surface area contributed by atoms with Gasteiger partial charge in [0.1, 0.15) is 17.5 Å². The zero-order valence-corrected chi connectivity index (χ0v) is 12.8. The zero-order valence-electron chi connectivity index (χ0n) is 12.0. The minimum Gasteiger partial charge on any atom is -0.383 e. The number of hydrogen-bond donors (Lipinski definition) is 1. The predicted octanol–water partition coefficient (Wildman–Crippen LogP) is 3.22.